The maximum atomic E-state index is 12.3. The van der Waals surface area contributed by atoms with Gasteiger partial charge in [0.2, 0.25) is 0 Å². The Balaban J connectivity index is 1.86. The Morgan fingerprint density at radius 2 is 1.60 bits per heavy atom. The number of hydrogen-bond acceptors (Lipinski definition) is 5. The van der Waals surface area contributed by atoms with Crippen molar-refractivity contribution in [1.82, 2.24) is 10.6 Å². The number of nitrogens with two attached hydrogens (primary N) is 2. The van der Waals surface area contributed by atoms with Crippen molar-refractivity contribution in [3.63, 3.8) is 0 Å². The molecule has 0 aliphatic heterocycles. The maximum Gasteiger partial charge on any atom is 0.309 e. The van der Waals surface area contributed by atoms with Gasteiger partial charge in [-0.05, 0) is 29.8 Å². The molecular weight excluding hydrogens is 388 g/mol. The largest absolute Gasteiger partial charge is 0.488 e. The molecule has 0 saturated heterocycles. The van der Waals surface area contributed by atoms with Crippen molar-refractivity contribution in [2.24, 2.45) is 11.5 Å². The highest BCUT2D eigenvalue weighted by atomic mass is 16.5. The third-order valence-corrected chi connectivity index (χ3v) is 3.89. The van der Waals surface area contributed by atoms with Gasteiger partial charge in [-0.15, -0.1) is 0 Å². The molecule has 2 aromatic carbocycles. The molecule has 156 valence electrons. The minimum atomic E-state index is -1.06. The molecule has 0 atom stereocenters. The van der Waals surface area contributed by atoms with Gasteiger partial charge in [-0.25, -0.2) is 0 Å². The van der Waals surface area contributed by atoms with Crippen molar-refractivity contribution in [2.75, 3.05) is 13.1 Å². The van der Waals surface area contributed by atoms with Crippen molar-refractivity contribution in [3.05, 3.63) is 77.4 Å². The van der Waals surface area contributed by atoms with Crippen molar-refractivity contribution in [3.8, 4) is 5.75 Å². The molecule has 2 rings (SSSR count). The Kier molecular flexibility index (Phi) is 8.13. The predicted octanol–water partition coefficient (Wildman–Crippen LogP) is 0.252. The van der Waals surface area contributed by atoms with Gasteiger partial charge in [-0.2, -0.15) is 0 Å². The first-order valence-corrected chi connectivity index (χ1v) is 9.00. The number of amides is 4. The van der Waals surface area contributed by atoms with Gasteiger partial charge in [0.1, 0.15) is 12.4 Å². The summed E-state index contributed by atoms with van der Waals surface area (Å²) in [5.41, 5.74) is 11.6. The van der Waals surface area contributed by atoms with Crippen LogP contribution >= 0.6 is 0 Å². The zero-order valence-corrected chi connectivity index (χ0v) is 16.1. The van der Waals surface area contributed by atoms with Crippen LogP contribution in [0.25, 0.3) is 0 Å². The second-order valence-corrected chi connectivity index (χ2v) is 6.11. The van der Waals surface area contributed by atoms with Gasteiger partial charge in [0.25, 0.3) is 11.8 Å². The zero-order valence-electron chi connectivity index (χ0n) is 16.1. The molecule has 4 amide bonds. The van der Waals surface area contributed by atoms with E-state index in [9.17, 15) is 19.2 Å². The summed E-state index contributed by atoms with van der Waals surface area (Å²) in [7, 11) is 0. The van der Waals surface area contributed by atoms with Crippen molar-refractivity contribution >= 4 is 23.6 Å². The Bertz CT molecular complexity index is 971. The van der Waals surface area contributed by atoms with E-state index in [1.807, 2.05) is 0 Å². The smallest absolute Gasteiger partial charge is 0.309 e. The van der Waals surface area contributed by atoms with Crippen LogP contribution in [0, 0.1) is 0 Å². The standard InChI is InChI=1S/C21H22N4O5/c22-18(26)16-8-1-2-9-17(16)30-13-14-6-5-7-15(12-14)20(28)24-10-3-4-11-25-21(29)19(23)27/h1-9,12H,10-11,13H2,(H2,22,26)(H2,23,27)(H,24,28)(H,25,29)/b4-3+. The number of benzene rings is 2. The number of primary amides is 2. The quantitative estimate of drug-likeness (QED) is 0.345. The van der Waals surface area contributed by atoms with Gasteiger partial charge in [-0.3, -0.25) is 19.2 Å². The lowest BCUT2D eigenvalue weighted by Crippen LogP contribution is -2.36. The molecule has 0 saturated carbocycles. The summed E-state index contributed by atoms with van der Waals surface area (Å²) in [6, 6.07) is 13.5. The number of carbonyl (C=O) groups is 4. The normalized spacial score (nSPS) is 10.4. The minimum Gasteiger partial charge on any atom is -0.488 e. The van der Waals surface area contributed by atoms with E-state index in [1.165, 1.54) is 0 Å². The van der Waals surface area contributed by atoms with Crippen LogP contribution in [0.1, 0.15) is 26.3 Å². The van der Waals surface area contributed by atoms with Gasteiger partial charge < -0.3 is 26.8 Å². The summed E-state index contributed by atoms with van der Waals surface area (Å²) in [6.07, 6.45) is 3.22. The molecule has 6 N–H and O–H groups in total. The van der Waals surface area contributed by atoms with E-state index in [1.54, 1.807) is 60.7 Å². The molecule has 0 bridgehead atoms. The molecule has 2 aromatic rings. The number of hydrogen-bond donors (Lipinski definition) is 4. The zero-order chi connectivity index (χ0) is 21.9. The molecule has 0 heterocycles. The van der Waals surface area contributed by atoms with E-state index in [-0.39, 0.29) is 31.2 Å². The van der Waals surface area contributed by atoms with Crippen LogP contribution in [0.4, 0.5) is 0 Å². The molecule has 30 heavy (non-hydrogen) atoms. The SMILES string of the molecule is NC(=O)C(=O)NC/C=C/CNC(=O)c1cccc(COc2ccccc2C(N)=O)c1. The maximum absolute atomic E-state index is 12.3. The molecule has 0 unspecified atom stereocenters. The fraction of sp³-hybridized carbons (Fsp3) is 0.143. The van der Waals surface area contributed by atoms with Crippen LogP contribution in [0.2, 0.25) is 0 Å². The number of rotatable bonds is 9. The second-order valence-electron chi connectivity index (χ2n) is 6.11. The summed E-state index contributed by atoms with van der Waals surface area (Å²) < 4.78 is 5.67. The third-order valence-electron chi connectivity index (χ3n) is 3.89. The molecule has 0 aliphatic rings. The Labute approximate surface area is 173 Å². The Morgan fingerprint density at radius 3 is 2.30 bits per heavy atom. The summed E-state index contributed by atoms with van der Waals surface area (Å²) in [5, 5.41) is 4.99. The van der Waals surface area contributed by atoms with Crippen LogP contribution in [-0.4, -0.2) is 36.7 Å². The first-order valence-electron chi connectivity index (χ1n) is 9.00. The fourth-order valence-corrected chi connectivity index (χ4v) is 2.42. The van der Waals surface area contributed by atoms with Crippen LogP contribution in [0.3, 0.4) is 0 Å². The molecule has 0 spiro atoms. The summed E-state index contributed by atoms with van der Waals surface area (Å²) in [4.78, 5) is 45.3. The highest BCUT2D eigenvalue weighted by molar-refractivity contribution is 6.34. The van der Waals surface area contributed by atoms with Gasteiger partial charge in [0, 0.05) is 18.7 Å². The van der Waals surface area contributed by atoms with Crippen LogP contribution in [-0.2, 0) is 16.2 Å². The molecule has 9 heteroatoms. The number of para-hydroxylation sites is 1. The van der Waals surface area contributed by atoms with E-state index in [2.05, 4.69) is 10.6 Å². The first kappa shape index (κ1) is 22.2. The molecule has 0 radical (unpaired) electrons. The van der Waals surface area contributed by atoms with Gasteiger partial charge in [0.05, 0.1) is 5.56 Å². The van der Waals surface area contributed by atoms with Crippen molar-refractivity contribution < 1.29 is 23.9 Å². The number of nitrogens with one attached hydrogen (secondary N) is 2. The fourth-order valence-electron chi connectivity index (χ4n) is 2.42. The number of carbonyl (C=O) groups excluding carboxylic acids is 4. The van der Waals surface area contributed by atoms with Crippen LogP contribution < -0.4 is 26.8 Å². The topological polar surface area (TPSA) is 154 Å². The van der Waals surface area contributed by atoms with E-state index >= 15 is 0 Å². The number of ether oxygens (including phenoxy) is 1. The highest BCUT2D eigenvalue weighted by Gasteiger charge is 2.10. The highest BCUT2D eigenvalue weighted by Crippen LogP contribution is 2.19. The molecular formula is C21H22N4O5. The lowest BCUT2D eigenvalue weighted by molar-refractivity contribution is -0.137. The van der Waals surface area contributed by atoms with Gasteiger partial charge in [-0.1, -0.05) is 36.4 Å². The average molecular weight is 410 g/mol. The van der Waals surface area contributed by atoms with E-state index in [0.29, 0.717) is 11.3 Å². The van der Waals surface area contributed by atoms with Gasteiger partial charge in [0.15, 0.2) is 0 Å². The lowest BCUT2D eigenvalue weighted by Gasteiger charge is -2.10. The Morgan fingerprint density at radius 1 is 0.900 bits per heavy atom. The van der Waals surface area contributed by atoms with Crippen LogP contribution in [0.5, 0.6) is 5.75 Å². The molecule has 0 aliphatic carbocycles. The summed E-state index contributed by atoms with van der Waals surface area (Å²) in [5.74, 6) is -2.44. The van der Waals surface area contributed by atoms with Crippen molar-refractivity contribution in [1.29, 1.82) is 0 Å². The van der Waals surface area contributed by atoms with Crippen molar-refractivity contribution in [2.45, 2.75) is 6.61 Å². The Hall–Kier alpha value is -4.14. The first-order chi connectivity index (χ1) is 14.4. The third kappa shape index (κ3) is 6.79. The second kappa shape index (κ2) is 11.0. The molecule has 0 aromatic heterocycles. The lowest BCUT2D eigenvalue weighted by atomic mass is 10.1. The molecule has 9 nitrogen and oxygen atoms in total. The monoisotopic (exact) mass is 410 g/mol. The molecule has 0 fully saturated rings. The predicted molar refractivity (Wildman–Crippen MR) is 109 cm³/mol. The van der Waals surface area contributed by atoms with Crippen LogP contribution in [0.15, 0.2) is 60.7 Å². The average Bonchev–Trinajstić information content (AvgIpc) is 2.74. The van der Waals surface area contributed by atoms with E-state index in [4.69, 9.17) is 16.2 Å². The van der Waals surface area contributed by atoms with E-state index in [0.717, 1.165) is 5.56 Å². The minimum absolute atomic E-state index is 0.122. The summed E-state index contributed by atoms with van der Waals surface area (Å²) in [6.45, 7) is 0.514. The van der Waals surface area contributed by atoms with E-state index < -0.39 is 17.7 Å². The summed E-state index contributed by atoms with van der Waals surface area (Å²) >= 11 is 0. The van der Waals surface area contributed by atoms with Gasteiger partial charge >= 0.3 is 11.8 Å².